The van der Waals surface area contributed by atoms with Crippen LogP contribution in [0.3, 0.4) is 0 Å². The van der Waals surface area contributed by atoms with Gasteiger partial charge in [0.2, 0.25) is 0 Å². The normalized spacial score (nSPS) is 47.5. The number of allylic oxidation sites excluding steroid dienone is 1. The van der Waals surface area contributed by atoms with Crippen molar-refractivity contribution in [3.05, 3.63) is 11.6 Å². The quantitative estimate of drug-likeness (QED) is 0.501. The van der Waals surface area contributed by atoms with Crippen LogP contribution in [0.5, 0.6) is 0 Å². The van der Waals surface area contributed by atoms with Crippen LogP contribution in [0.15, 0.2) is 11.6 Å². The van der Waals surface area contributed by atoms with Crippen LogP contribution < -0.4 is 0 Å². The molecule has 0 aromatic heterocycles. The van der Waals surface area contributed by atoms with Crippen molar-refractivity contribution in [2.45, 2.75) is 77.7 Å². The molecule has 154 valence electrons. The summed E-state index contributed by atoms with van der Waals surface area (Å²) in [6, 6.07) is 0. The highest BCUT2D eigenvalue weighted by atomic mass is 35.5. The van der Waals surface area contributed by atoms with E-state index in [1.165, 1.54) is 6.92 Å². The third-order valence-corrected chi connectivity index (χ3v) is 9.07. The standard InChI is InChI=1S/C23H31ClO4/c1-12(25)16-5-6-17-15-10-19(24)18-9-14(27)7-8-22(18,3)21(15)20(28-13(2)26)11-23(16,17)4/h9,15-17,19-21H,5-8,10-11H2,1-4H3/t15-,16+,17-,19-,20?,21+,22-,23+/m0/s1. The molecule has 4 nitrogen and oxygen atoms in total. The minimum atomic E-state index is -0.266. The molecule has 3 saturated carbocycles. The molecule has 1 unspecified atom stereocenters. The van der Waals surface area contributed by atoms with Gasteiger partial charge in [0.05, 0.1) is 5.38 Å². The second-order valence-electron chi connectivity index (χ2n) is 10.1. The number of rotatable bonds is 2. The molecule has 0 saturated heterocycles. The molecule has 0 aromatic carbocycles. The number of carbonyl (C=O) groups excluding carboxylic acids is 3. The monoisotopic (exact) mass is 406 g/mol. The smallest absolute Gasteiger partial charge is 0.302 e. The van der Waals surface area contributed by atoms with Crippen molar-refractivity contribution in [1.29, 1.82) is 0 Å². The van der Waals surface area contributed by atoms with Gasteiger partial charge in [0.15, 0.2) is 5.78 Å². The zero-order valence-electron chi connectivity index (χ0n) is 17.3. The number of ether oxygens (including phenoxy) is 1. The van der Waals surface area contributed by atoms with Crippen LogP contribution in [-0.4, -0.2) is 29.0 Å². The summed E-state index contributed by atoms with van der Waals surface area (Å²) in [7, 11) is 0. The van der Waals surface area contributed by atoms with Crippen LogP contribution in [0, 0.1) is 34.5 Å². The third-order valence-electron chi connectivity index (χ3n) is 8.66. The molecule has 4 aliphatic rings. The zero-order chi connectivity index (χ0) is 20.4. The van der Waals surface area contributed by atoms with Crippen LogP contribution in [0.4, 0.5) is 0 Å². The van der Waals surface area contributed by atoms with Gasteiger partial charge < -0.3 is 4.74 Å². The maximum Gasteiger partial charge on any atom is 0.302 e. The first-order chi connectivity index (χ1) is 13.1. The summed E-state index contributed by atoms with van der Waals surface area (Å²) in [4.78, 5) is 36.5. The summed E-state index contributed by atoms with van der Waals surface area (Å²) in [6.07, 6.45) is 6.30. The van der Waals surface area contributed by atoms with Crippen molar-refractivity contribution in [2.75, 3.05) is 0 Å². The number of carbonyl (C=O) groups is 3. The first kappa shape index (κ1) is 20.1. The van der Waals surface area contributed by atoms with Crippen molar-refractivity contribution >= 4 is 29.1 Å². The van der Waals surface area contributed by atoms with Gasteiger partial charge in [-0.05, 0) is 73.3 Å². The highest BCUT2D eigenvalue weighted by Crippen LogP contribution is 2.67. The predicted molar refractivity (Wildman–Crippen MR) is 107 cm³/mol. The lowest BCUT2D eigenvalue weighted by molar-refractivity contribution is -0.175. The number of Topliss-reactive ketones (excluding diaryl/α,β-unsaturated/α-hetero) is 1. The maximum absolute atomic E-state index is 12.4. The Morgan fingerprint density at radius 3 is 2.57 bits per heavy atom. The Balaban J connectivity index is 1.81. The van der Waals surface area contributed by atoms with Gasteiger partial charge in [-0.15, -0.1) is 11.6 Å². The summed E-state index contributed by atoms with van der Waals surface area (Å²) in [5.74, 6) is 1.05. The predicted octanol–water partition coefficient (Wildman–Crippen LogP) is 4.48. The van der Waals surface area contributed by atoms with Crippen LogP contribution in [0.1, 0.15) is 66.2 Å². The van der Waals surface area contributed by atoms with E-state index < -0.39 is 0 Å². The molecular formula is C23H31ClO4. The Kier molecular flexibility index (Phi) is 4.80. The molecule has 4 aliphatic carbocycles. The van der Waals surface area contributed by atoms with E-state index in [-0.39, 0.29) is 51.7 Å². The Labute approximate surface area is 172 Å². The number of hydrogen-bond acceptors (Lipinski definition) is 4. The molecular weight excluding hydrogens is 376 g/mol. The molecule has 0 aliphatic heterocycles. The summed E-state index contributed by atoms with van der Waals surface area (Å²) in [6.45, 7) is 7.61. The molecule has 0 spiro atoms. The highest BCUT2D eigenvalue weighted by molar-refractivity contribution is 6.23. The summed E-state index contributed by atoms with van der Waals surface area (Å²) < 4.78 is 5.93. The molecule has 4 rings (SSSR count). The lowest BCUT2D eigenvalue weighted by atomic mass is 9.45. The third kappa shape index (κ3) is 2.81. The molecule has 0 bridgehead atoms. The van der Waals surface area contributed by atoms with Crippen molar-refractivity contribution in [2.24, 2.45) is 34.5 Å². The first-order valence-corrected chi connectivity index (χ1v) is 11.1. The number of halogens is 1. The summed E-state index contributed by atoms with van der Waals surface area (Å²) >= 11 is 6.86. The van der Waals surface area contributed by atoms with Gasteiger partial charge in [-0.1, -0.05) is 13.8 Å². The second-order valence-corrected chi connectivity index (χ2v) is 10.6. The molecule has 28 heavy (non-hydrogen) atoms. The lowest BCUT2D eigenvalue weighted by Gasteiger charge is -2.61. The van der Waals surface area contributed by atoms with E-state index in [2.05, 4.69) is 13.8 Å². The SMILES string of the molecule is CC(=O)OC1C[C@]2(C)[C@@H](C(C)=O)CC[C@H]2[C@@H]2C[C@H](Cl)C3=CC(=O)CC[C@]3(C)[C@@H]12. The molecule has 0 N–H and O–H groups in total. The van der Waals surface area contributed by atoms with Gasteiger partial charge in [-0.3, -0.25) is 14.4 Å². The fraction of sp³-hybridized carbons (Fsp3) is 0.783. The molecule has 0 heterocycles. The molecule has 5 heteroatoms. The fourth-order valence-corrected chi connectivity index (χ4v) is 8.17. The minimum absolute atomic E-state index is 0.0305. The van der Waals surface area contributed by atoms with Gasteiger partial charge in [0.25, 0.3) is 0 Å². The van der Waals surface area contributed by atoms with E-state index in [9.17, 15) is 14.4 Å². The molecule has 8 atom stereocenters. The number of fused-ring (bicyclic) bond motifs is 5. The number of ketones is 2. The second kappa shape index (κ2) is 6.68. The molecule has 0 aromatic rings. The summed E-state index contributed by atoms with van der Waals surface area (Å²) in [5.41, 5.74) is 0.665. The Hall–Kier alpha value is -1.16. The van der Waals surface area contributed by atoms with Crippen LogP contribution in [0.2, 0.25) is 0 Å². The fourth-order valence-electron chi connectivity index (χ4n) is 7.65. The Morgan fingerprint density at radius 1 is 1.21 bits per heavy atom. The minimum Gasteiger partial charge on any atom is -0.462 e. The van der Waals surface area contributed by atoms with Crippen molar-refractivity contribution in [3.63, 3.8) is 0 Å². The Bertz CT molecular complexity index is 758. The number of alkyl halides is 1. The average molecular weight is 407 g/mol. The number of hydrogen-bond donors (Lipinski definition) is 0. The van der Waals surface area contributed by atoms with Crippen molar-refractivity contribution < 1.29 is 19.1 Å². The zero-order valence-corrected chi connectivity index (χ0v) is 18.1. The Morgan fingerprint density at radius 2 is 1.93 bits per heavy atom. The molecule has 0 amide bonds. The molecule has 3 fully saturated rings. The summed E-state index contributed by atoms with van der Waals surface area (Å²) in [5, 5.41) is -0.160. The topological polar surface area (TPSA) is 60.4 Å². The van der Waals surface area contributed by atoms with Crippen LogP contribution in [-0.2, 0) is 19.1 Å². The highest BCUT2D eigenvalue weighted by Gasteiger charge is 2.64. The van der Waals surface area contributed by atoms with E-state index in [1.54, 1.807) is 13.0 Å². The van der Waals surface area contributed by atoms with E-state index in [4.69, 9.17) is 16.3 Å². The maximum atomic E-state index is 12.4. The van der Waals surface area contributed by atoms with Gasteiger partial charge in [0.1, 0.15) is 11.9 Å². The number of esters is 1. The van der Waals surface area contributed by atoms with Gasteiger partial charge in [0, 0.05) is 25.2 Å². The average Bonchev–Trinajstić information content (AvgIpc) is 2.93. The lowest BCUT2D eigenvalue weighted by Crippen LogP contribution is -2.59. The largest absolute Gasteiger partial charge is 0.462 e. The van der Waals surface area contributed by atoms with Crippen LogP contribution >= 0.6 is 11.6 Å². The van der Waals surface area contributed by atoms with Gasteiger partial charge in [-0.25, -0.2) is 0 Å². The van der Waals surface area contributed by atoms with Crippen LogP contribution in [0.25, 0.3) is 0 Å². The van der Waals surface area contributed by atoms with Gasteiger partial charge in [-0.2, -0.15) is 0 Å². The first-order valence-electron chi connectivity index (χ1n) is 10.6. The van der Waals surface area contributed by atoms with E-state index in [1.807, 2.05) is 0 Å². The van der Waals surface area contributed by atoms with Crippen molar-refractivity contribution in [1.82, 2.24) is 0 Å². The van der Waals surface area contributed by atoms with Crippen molar-refractivity contribution in [3.8, 4) is 0 Å². The van der Waals surface area contributed by atoms with E-state index >= 15 is 0 Å². The molecule has 0 radical (unpaired) electrons. The van der Waals surface area contributed by atoms with E-state index in [0.717, 1.165) is 37.7 Å². The van der Waals surface area contributed by atoms with E-state index in [0.29, 0.717) is 18.3 Å². The van der Waals surface area contributed by atoms with Gasteiger partial charge >= 0.3 is 5.97 Å².